The predicted molar refractivity (Wildman–Crippen MR) is 64.9 cm³/mol. The summed E-state index contributed by atoms with van der Waals surface area (Å²) in [5.41, 5.74) is 0.117. The van der Waals surface area contributed by atoms with Gasteiger partial charge in [0.25, 0.3) is 0 Å². The molecule has 1 rings (SSSR count). The van der Waals surface area contributed by atoms with Gasteiger partial charge in [-0.15, -0.1) is 0 Å². The van der Waals surface area contributed by atoms with E-state index in [4.69, 9.17) is 14.6 Å². The lowest BCUT2D eigenvalue weighted by atomic mass is 10.2. The molecule has 1 aromatic rings. The lowest BCUT2D eigenvalue weighted by molar-refractivity contribution is -0.0133. The molecule has 0 radical (unpaired) electrons. The van der Waals surface area contributed by atoms with Crippen LogP contribution in [0, 0.1) is 11.6 Å². The minimum absolute atomic E-state index is 0.0234. The highest BCUT2D eigenvalue weighted by molar-refractivity contribution is 5.31. The Morgan fingerprint density at radius 3 is 2.21 bits per heavy atom. The maximum atomic E-state index is 13.5. The molecule has 108 valence electrons. The highest BCUT2D eigenvalue weighted by Crippen LogP contribution is 2.23. The first-order valence-corrected chi connectivity index (χ1v) is 5.95. The van der Waals surface area contributed by atoms with Gasteiger partial charge < -0.3 is 19.7 Å². The van der Waals surface area contributed by atoms with Gasteiger partial charge in [-0.25, -0.2) is 8.78 Å². The number of aliphatic hydroxyl groups excluding tert-OH is 2. The molecule has 4 nitrogen and oxygen atoms in total. The Hall–Kier alpha value is -1.24. The second kappa shape index (κ2) is 7.37. The number of aliphatic hydroxyl groups is 2. The Balaban J connectivity index is 2.58. The van der Waals surface area contributed by atoms with E-state index in [1.54, 1.807) is 13.8 Å². The van der Waals surface area contributed by atoms with E-state index in [0.29, 0.717) is 0 Å². The van der Waals surface area contributed by atoms with E-state index in [0.717, 1.165) is 12.1 Å². The van der Waals surface area contributed by atoms with Crippen molar-refractivity contribution in [2.24, 2.45) is 0 Å². The summed E-state index contributed by atoms with van der Waals surface area (Å²) in [4.78, 5) is 0. The summed E-state index contributed by atoms with van der Waals surface area (Å²) < 4.78 is 37.0. The van der Waals surface area contributed by atoms with Crippen molar-refractivity contribution >= 4 is 0 Å². The van der Waals surface area contributed by atoms with Gasteiger partial charge in [0.15, 0.2) is 17.4 Å². The minimum atomic E-state index is -0.973. The first-order valence-electron chi connectivity index (χ1n) is 5.95. The van der Waals surface area contributed by atoms with Crippen LogP contribution < -0.4 is 4.74 Å². The molecule has 19 heavy (non-hydrogen) atoms. The number of hydrogen-bond donors (Lipinski definition) is 2. The Morgan fingerprint density at radius 2 is 1.74 bits per heavy atom. The average Bonchev–Trinajstić information content (AvgIpc) is 2.34. The fourth-order valence-corrected chi connectivity index (χ4v) is 1.37. The molecule has 0 aliphatic carbocycles. The molecular formula is C13H18F2O4. The quantitative estimate of drug-likeness (QED) is 0.794. The van der Waals surface area contributed by atoms with Crippen LogP contribution in [0.5, 0.6) is 5.75 Å². The van der Waals surface area contributed by atoms with Crippen molar-refractivity contribution < 1.29 is 28.5 Å². The van der Waals surface area contributed by atoms with E-state index >= 15 is 0 Å². The van der Waals surface area contributed by atoms with Gasteiger partial charge >= 0.3 is 0 Å². The normalized spacial score (nSPS) is 12.8. The van der Waals surface area contributed by atoms with Crippen LogP contribution in [0.2, 0.25) is 0 Å². The summed E-state index contributed by atoms with van der Waals surface area (Å²) in [5, 5.41) is 18.3. The molecular weight excluding hydrogens is 258 g/mol. The van der Waals surface area contributed by atoms with E-state index < -0.39 is 30.1 Å². The summed E-state index contributed by atoms with van der Waals surface area (Å²) in [6, 6.07) is 1.96. The van der Waals surface area contributed by atoms with Gasteiger partial charge in [0.2, 0.25) is 0 Å². The van der Waals surface area contributed by atoms with Crippen molar-refractivity contribution in [1.29, 1.82) is 0 Å². The zero-order chi connectivity index (χ0) is 14.4. The highest BCUT2D eigenvalue weighted by Gasteiger charge is 2.15. The third-order valence-electron chi connectivity index (χ3n) is 2.28. The standard InChI is InChI=1S/C13H18F2O4/c1-8(2)18-6-10(17)7-19-13-11(14)3-9(5-16)4-12(13)15/h3-4,8,10,16-17H,5-7H2,1-2H3. The minimum Gasteiger partial charge on any atom is -0.485 e. The fourth-order valence-electron chi connectivity index (χ4n) is 1.37. The Bertz CT molecular complexity index is 387. The molecule has 0 aliphatic heterocycles. The van der Waals surface area contributed by atoms with Gasteiger partial charge in [0.05, 0.1) is 19.3 Å². The van der Waals surface area contributed by atoms with Crippen molar-refractivity contribution in [2.75, 3.05) is 13.2 Å². The van der Waals surface area contributed by atoms with Crippen molar-refractivity contribution in [3.63, 3.8) is 0 Å². The summed E-state index contributed by atoms with van der Waals surface area (Å²) in [5.74, 6) is -2.40. The molecule has 0 heterocycles. The molecule has 6 heteroatoms. The van der Waals surface area contributed by atoms with Crippen LogP contribution in [0.4, 0.5) is 8.78 Å². The number of hydrogen-bond acceptors (Lipinski definition) is 4. The monoisotopic (exact) mass is 276 g/mol. The molecule has 1 aromatic carbocycles. The lowest BCUT2D eigenvalue weighted by Gasteiger charge is -2.15. The molecule has 0 bridgehead atoms. The number of rotatable bonds is 7. The SMILES string of the molecule is CC(C)OCC(O)COc1c(F)cc(CO)cc1F. The highest BCUT2D eigenvalue weighted by atomic mass is 19.1. The number of benzene rings is 1. The average molecular weight is 276 g/mol. The molecule has 0 fully saturated rings. The summed E-state index contributed by atoms with van der Waals surface area (Å²) in [6.07, 6.45) is -1.02. The number of ether oxygens (including phenoxy) is 2. The van der Waals surface area contributed by atoms with Crippen molar-refractivity contribution in [3.8, 4) is 5.75 Å². The Labute approximate surface area is 110 Å². The third kappa shape index (κ3) is 5.10. The van der Waals surface area contributed by atoms with Crippen molar-refractivity contribution in [3.05, 3.63) is 29.3 Å². The van der Waals surface area contributed by atoms with Crippen LogP contribution >= 0.6 is 0 Å². The third-order valence-corrected chi connectivity index (χ3v) is 2.28. The van der Waals surface area contributed by atoms with Gasteiger partial charge in [0.1, 0.15) is 12.7 Å². The molecule has 0 spiro atoms. The second-order valence-electron chi connectivity index (χ2n) is 4.39. The van der Waals surface area contributed by atoms with Crippen molar-refractivity contribution in [1.82, 2.24) is 0 Å². The van der Waals surface area contributed by atoms with Crippen LogP contribution in [0.15, 0.2) is 12.1 Å². The molecule has 0 aromatic heterocycles. The van der Waals surface area contributed by atoms with E-state index in [-0.39, 0.29) is 24.9 Å². The zero-order valence-electron chi connectivity index (χ0n) is 10.9. The van der Waals surface area contributed by atoms with Crippen LogP contribution in [-0.4, -0.2) is 35.6 Å². The molecule has 0 amide bonds. The molecule has 0 saturated heterocycles. The van der Waals surface area contributed by atoms with E-state index in [9.17, 15) is 13.9 Å². The first kappa shape index (κ1) is 15.8. The summed E-state index contributed by atoms with van der Waals surface area (Å²) in [7, 11) is 0. The summed E-state index contributed by atoms with van der Waals surface area (Å²) >= 11 is 0. The van der Waals surface area contributed by atoms with Crippen LogP contribution in [0.1, 0.15) is 19.4 Å². The lowest BCUT2D eigenvalue weighted by Crippen LogP contribution is -2.25. The van der Waals surface area contributed by atoms with Gasteiger partial charge in [-0.1, -0.05) is 0 Å². The number of halogens is 2. The van der Waals surface area contributed by atoms with Crippen LogP contribution in [0.25, 0.3) is 0 Å². The maximum absolute atomic E-state index is 13.5. The summed E-state index contributed by atoms with van der Waals surface area (Å²) in [6.45, 7) is 2.90. The largest absolute Gasteiger partial charge is 0.485 e. The fraction of sp³-hybridized carbons (Fsp3) is 0.538. The van der Waals surface area contributed by atoms with Gasteiger partial charge in [-0.05, 0) is 31.5 Å². The predicted octanol–water partition coefficient (Wildman–Crippen LogP) is 1.62. The van der Waals surface area contributed by atoms with Gasteiger partial charge in [-0.2, -0.15) is 0 Å². The topological polar surface area (TPSA) is 58.9 Å². The molecule has 0 aliphatic rings. The zero-order valence-corrected chi connectivity index (χ0v) is 10.9. The van der Waals surface area contributed by atoms with Crippen LogP contribution in [-0.2, 0) is 11.3 Å². The Morgan fingerprint density at radius 1 is 1.16 bits per heavy atom. The van der Waals surface area contributed by atoms with E-state index in [1.807, 2.05) is 0 Å². The van der Waals surface area contributed by atoms with Crippen LogP contribution in [0.3, 0.4) is 0 Å². The smallest absolute Gasteiger partial charge is 0.190 e. The van der Waals surface area contributed by atoms with Gasteiger partial charge in [-0.3, -0.25) is 0 Å². The maximum Gasteiger partial charge on any atom is 0.190 e. The van der Waals surface area contributed by atoms with E-state index in [2.05, 4.69) is 0 Å². The van der Waals surface area contributed by atoms with Crippen molar-refractivity contribution in [2.45, 2.75) is 32.7 Å². The molecule has 0 saturated carbocycles. The second-order valence-corrected chi connectivity index (χ2v) is 4.39. The first-order chi connectivity index (χ1) is 8.93. The van der Waals surface area contributed by atoms with E-state index in [1.165, 1.54) is 0 Å². The molecule has 1 unspecified atom stereocenters. The molecule has 1 atom stereocenters. The molecule has 2 N–H and O–H groups in total. The Kier molecular flexibility index (Phi) is 6.14. The van der Waals surface area contributed by atoms with Gasteiger partial charge in [0, 0.05) is 0 Å².